The molecule has 0 fully saturated rings. The molecule has 0 radical (unpaired) electrons. The van der Waals surface area contributed by atoms with Gasteiger partial charge in [-0.2, -0.15) is 0 Å². The summed E-state index contributed by atoms with van der Waals surface area (Å²) in [5.74, 6) is 1.36. The lowest BCUT2D eigenvalue weighted by Crippen LogP contribution is -2.12. The van der Waals surface area contributed by atoms with Crippen molar-refractivity contribution >= 4 is 34.5 Å². The number of aliphatic imine (C=N–C) groups is 1. The third-order valence-corrected chi connectivity index (χ3v) is 5.72. The summed E-state index contributed by atoms with van der Waals surface area (Å²) in [5.41, 5.74) is 1.21. The number of hydrogen-bond acceptors (Lipinski definition) is 9. The van der Waals surface area contributed by atoms with Gasteiger partial charge >= 0.3 is 5.97 Å². The number of rotatable bonds is 8. The summed E-state index contributed by atoms with van der Waals surface area (Å²) in [4.78, 5) is 17.6. The number of benzene rings is 2. The maximum Gasteiger partial charge on any atom is 0.344 e. The largest absolute Gasteiger partial charge is 0.506 e. The first-order valence-electron chi connectivity index (χ1n) is 9.99. The van der Waals surface area contributed by atoms with Gasteiger partial charge in [-0.3, -0.25) is 0 Å². The predicted octanol–water partition coefficient (Wildman–Crippen LogP) is 4.91. The Balaban J connectivity index is 2.07. The molecule has 0 amide bonds. The zero-order chi connectivity index (χ0) is 24.0. The lowest BCUT2D eigenvalue weighted by molar-refractivity contribution is -0.138. The fraction of sp³-hybridized carbons (Fsp3) is 0.250. The SMILES string of the molecule is CCOC(=O)C1=C(O)/C(=C\c2ccc(OC)cc2OC)SC1=Nc1ccc(OC)c(OC)c1. The number of carbonyl (C=O) groups excluding carboxylic acids is 1. The Labute approximate surface area is 196 Å². The van der Waals surface area contributed by atoms with Gasteiger partial charge < -0.3 is 28.8 Å². The Morgan fingerprint density at radius 2 is 1.70 bits per heavy atom. The lowest BCUT2D eigenvalue weighted by atomic mass is 10.1. The van der Waals surface area contributed by atoms with Crippen molar-refractivity contribution in [1.29, 1.82) is 0 Å². The van der Waals surface area contributed by atoms with Crippen LogP contribution >= 0.6 is 11.8 Å². The van der Waals surface area contributed by atoms with Crippen LogP contribution in [-0.4, -0.2) is 51.2 Å². The smallest absolute Gasteiger partial charge is 0.344 e. The molecule has 0 saturated heterocycles. The molecular formula is C24H25NO7S. The molecule has 0 spiro atoms. The molecule has 0 bridgehead atoms. The summed E-state index contributed by atoms with van der Waals surface area (Å²) in [6, 6.07) is 10.4. The highest BCUT2D eigenvalue weighted by Crippen LogP contribution is 2.42. The van der Waals surface area contributed by atoms with Crippen molar-refractivity contribution in [2.24, 2.45) is 4.99 Å². The summed E-state index contributed by atoms with van der Waals surface area (Å²) < 4.78 is 26.4. The summed E-state index contributed by atoms with van der Waals surface area (Å²) >= 11 is 1.15. The molecule has 9 heteroatoms. The third kappa shape index (κ3) is 5.25. The van der Waals surface area contributed by atoms with E-state index in [1.54, 1.807) is 70.7 Å². The normalized spacial score (nSPS) is 15.7. The van der Waals surface area contributed by atoms with Gasteiger partial charge in [-0.25, -0.2) is 9.79 Å². The second kappa shape index (κ2) is 10.8. The molecule has 174 valence electrons. The van der Waals surface area contributed by atoms with E-state index in [9.17, 15) is 9.90 Å². The minimum atomic E-state index is -0.660. The van der Waals surface area contributed by atoms with E-state index in [0.29, 0.717) is 44.2 Å². The van der Waals surface area contributed by atoms with Gasteiger partial charge in [0, 0.05) is 17.7 Å². The van der Waals surface area contributed by atoms with Crippen LogP contribution in [0.25, 0.3) is 6.08 Å². The number of hydrogen-bond donors (Lipinski definition) is 1. The first kappa shape index (κ1) is 24.1. The molecule has 0 unspecified atom stereocenters. The fourth-order valence-electron chi connectivity index (χ4n) is 3.08. The highest BCUT2D eigenvalue weighted by Gasteiger charge is 2.33. The second-order valence-corrected chi connectivity index (χ2v) is 7.65. The highest BCUT2D eigenvalue weighted by molar-refractivity contribution is 8.18. The first-order valence-corrected chi connectivity index (χ1v) is 10.8. The van der Waals surface area contributed by atoms with Crippen molar-refractivity contribution in [3.8, 4) is 23.0 Å². The molecule has 0 aliphatic carbocycles. The van der Waals surface area contributed by atoms with Crippen molar-refractivity contribution in [2.75, 3.05) is 35.0 Å². The van der Waals surface area contributed by atoms with E-state index < -0.39 is 5.97 Å². The van der Waals surface area contributed by atoms with Crippen molar-refractivity contribution in [2.45, 2.75) is 6.92 Å². The van der Waals surface area contributed by atoms with Gasteiger partial charge in [0.25, 0.3) is 0 Å². The standard InChI is InChI=1S/C24H25NO7S/c1-6-32-24(27)21-22(26)20(11-14-7-9-16(28-2)13-18(14)30-4)33-23(21)25-15-8-10-17(29-3)19(12-15)31-5/h7-13,26H,6H2,1-5H3/b20-11+,25-23?. The van der Waals surface area contributed by atoms with E-state index in [4.69, 9.17) is 23.7 Å². The average molecular weight is 472 g/mol. The van der Waals surface area contributed by atoms with Gasteiger partial charge in [-0.05, 0) is 37.3 Å². The lowest BCUT2D eigenvalue weighted by Gasteiger charge is -2.08. The monoisotopic (exact) mass is 471 g/mol. The number of nitrogens with zero attached hydrogens (tertiary/aromatic N) is 1. The third-order valence-electron chi connectivity index (χ3n) is 4.70. The second-order valence-electron chi connectivity index (χ2n) is 6.62. The fourth-order valence-corrected chi connectivity index (χ4v) is 4.11. The molecule has 2 aromatic rings. The molecule has 33 heavy (non-hydrogen) atoms. The Hall–Kier alpha value is -3.59. The number of aliphatic hydroxyl groups is 1. The van der Waals surface area contributed by atoms with Gasteiger partial charge in [0.2, 0.25) is 0 Å². The molecular weight excluding hydrogens is 446 g/mol. The first-order chi connectivity index (χ1) is 15.9. The number of thioether (sulfide) groups is 1. The molecule has 8 nitrogen and oxygen atoms in total. The van der Waals surface area contributed by atoms with Crippen LogP contribution in [0, 0.1) is 0 Å². The Bertz CT molecular complexity index is 1140. The Morgan fingerprint density at radius 1 is 0.970 bits per heavy atom. The van der Waals surface area contributed by atoms with Crippen LogP contribution < -0.4 is 18.9 Å². The summed E-state index contributed by atoms with van der Waals surface area (Å²) in [7, 11) is 6.18. The predicted molar refractivity (Wildman–Crippen MR) is 128 cm³/mol. The van der Waals surface area contributed by atoms with E-state index in [1.807, 2.05) is 0 Å². The van der Waals surface area contributed by atoms with E-state index in [0.717, 1.165) is 11.8 Å². The number of methoxy groups -OCH3 is 4. The summed E-state index contributed by atoms with van der Waals surface area (Å²) in [6.07, 6.45) is 1.72. The number of ether oxygens (including phenoxy) is 5. The zero-order valence-electron chi connectivity index (χ0n) is 19.0. The maximum atomic E-state index is 12.6. The van der Waals surface area contributed by atoms with Gasteiger partial charge in [-0.1, -0.05) is 11.8 Å². The van der Waals surface area contributed by atoms with Crippen LogP contribution in [0.4, 0.5) is 5.69 Å². The Kier molecular flexibility index (Phi) is 7.89. The maximum absolute atomic E-state index is 12.6. The van der Waals surface area contributed by atoms with Crippen LogP contribution in [0.3, 0.4) is 0 Å². The van der Waals surface area contributed by atoms with Gasteiger partial charge in [0.05, 0.1) is 45.6 Å². The van der Waals surface area contributed by atoms with Crippen molar-refractivity contribution < 1.29 is 33.6 Å². The zero-order valence-corrected chi connectivity index (χ0v) is 19.8. The molecule has 0 atom stereocenters. The summed E-state index contributed by atoms with van der Waals surface area (Å²) in [5, 5.41) is 11.2. The van der Waals surface area contributed by atoms with E-state index >= 15 is 0 Å². The van der Waals surface area contributed by atoms with Crippen molar-refractivity contribution in [1.82, 2.24) is 0 Å². The topological polar surface area (TPSA) is 95.8 Å². The van der Waals surface area contributed by atoms with Crippen LogP contribution in [0.15, 0.2) is 57.6 Å². The minimum Gasteiger partial charge on any atom is -0.506 e. The molecule has 1 N–H and O–H groups in total. The van der Waals surface area contributed by atoms with Crippen LogP contribution in [0.1, 0.15) is 12.5 Å². The molecule has 1 aliphatic rings. The molecule has 2 aromatic carbocycles. The molecule has 0 saturated carbocycles. The molecule has 1 heterocycles. The van der Waals surface area contributed by atoms with Gasteiger partial charge in [0.1, 0.15) is 27.9 Å². The number of esters is 1. The number of carbonyl (C=O) groups is 1. The molecule has 0 aromatic heterocycles. The average Bonchev–Trinajstić information content (AvgIpc) is 3.13. The minimum absolute atomic E-state index is 0.00429. The van der Waals surface area contributed by atoms with E-state index in [2.05, 4.69) is 4.99 Å². The van der Waals surface area contributed by atoms with Gasteiger partial charge in [-0.15, -0.1) is 0 Å². The van der Waals surface area contributed by atoms with Crippen molar-refractivity contribution in [3.05, 3.63) is 58.2 Å². The van der Waals surface area contributed by atoms with Crippen molar-refractivity contribution in [3.63, 3.8) is 0 Å². The Morgan fingerprint density at radius 3 is 2.33 bits per heavy atom. The van der Waals surface area contributed by atoms with Crippen LogP contribution in [0.2, 0.25) is 0 Å². The van der Waals surface area contributed by atoms with Gasteiger partial charge in [0.15, 0.2) is 11.5 Å². The van der Waals surface area contributed by atoms with E-state index in [-0.39, 0.29) is 17.9 Å². The van der Waals surface area contributed by atoms with Crippen LogP contribution in [-0.2, 0) is 9.53 Å². The summed E-state index contributed by atoms with van der Waals surface area (Å²) in [6.45, 7) is 1.86. The highest BCUT2D eigenvalue weighted by atomic mass is 32.2. The molecule has 1 aliphatic heterocycles. The quantitative estimate of drug-likeness (QED) is 0.543. The molecule has 3 rings (SSSR count). The van der Waals surface area contributed by atoms with Crippen LogP contribution in [0.5, 0.6) is 23.0 Å². The van der Waals surface area contributed by atoms with E-state index in [1.165, 1.54) is 7.11 Å². The number of aliphatic hydroxyl groups excluding tert-OH is 1.